The van der Waals surface area contributed by atoms with E-state index in [4.69, 9.17) is 11.1 Å². The molecule has 5 heteroatoms. The van der Waals surface area contributed by atoms with Gasteiger partial charge in [-0.3, -0.25) is 0 Å². The molecule has 0 radical (unpaired) electrons. The van der Waals surface area contributed by atoms with Crippen LogP contribution in [0.5, 0.6) is 0 Å². The monoisotopic (exact) mass is 374 g/mol. The molecule has 0 amide bonds. The normalized spacial score (nSPS) is 31.2. The zero-order chi connectivity index (χ0) is 17.1. The molecule has 1 saturated carbocycles. The number of halogens is 4. The third kappa shape index (κ3) is 4.57. The molecule has 1 aromatic rings. The molecular weight excluding hydrogens is 349 g/mol. The SMILES string of the molecule is Fc1cc(C2CCC(CCC3CC[SiH](Cl)CC3)CC2)cc(F)c1F. The van der Waals surface area contributed by atoms with Crippen molar-refractivity contribution < 1.29 is 13.2 Å². The maximum Gasteiger partial charge on any atom is 0.194 e. The third-order valence-electron chi connectivity index (χ3n) is 6.08. The van der Waals surface area contributed by atoms with E-state index in [1.54, 1.807) is 0 Å². The molecule has 1 saturated heterocycles. The molecule has 0 unspecified atom stereocenters. The summed E-state index contributed by atoms with van der Waals surface area (Å²) < 4.78 is 39.9. The first-order valence-corrected chi connectivity index (χ1v) is 12.7. The van der Waals surface area contributed by atoms with Crippen molar-refractivity contribution >= 4 is 19.2 Å². The summed E-state index contributed by atoms with van der Waals surface area (Å²) in [5.74, 6) is -1.71. The van der Waals surface area contributed by atoms with Gasteiger partial charge < -0.3 is 0 Å². The Hall–Kier alpha value is -0.483. The Labute approximate surface area is 149 Å². The smallest absolute Gasteiger partial charge is 0.194 e. The first-order valence-electron chi connectivity index (χ1n) is 9.31. The van der Waals surface area contributed by atoms with E-state index in [2.05, 4.69) is 0 Å². The van der Waals surface area contributed by atoms with Crippen LogP contribution in [0.2, 0.25) is 12.1 Å². The van der Waals surface area contributed by atoms with Gasteiger partial charge in [0.15, 0.2) is 17.5 Å². The largest absolute Gasteiger partial charge is 0.204 e. The van der Waals surface area contributed by atoms with Crippen LogP contribution in [0.15, 0.2) is 12.1 Å². The summed E-state index contributed by atoms with van der Waals surface area (Å²) in [7, 11) is -0.863. The van der Waals surface area contributed by atoms with Crippen LogP contribution in [-0.4, -0.2) is 8.11 Å². The van der Waals surface area contributed by atoms with Crippen molar-refractivity contribution in [2.45, 2.75) is 69.4 Å². The molecule has 1 aliphatic heterocycles. The van der Waals surface area contributed by atoms with Gasteiger partial charge in [-0.1, -0.05) is 25.7 Å². The van der Waals surface area contributed by atoms with Crippen molar-refractivity contribution in [3.8, 4) is 0 Å². The Morgan fingerprint density at radius 3 is 1.88 bits per heavy atom. The van der Waals surface area contributed by atoms with Gasteiger partial charge >= 0.3 is 0 Å². The van der Waals surface area contributed by atoms with Crippen LogP contribution in [0.1, 0.15) is 62.8 Å². The molecule has 134 valence electrons. The lowest BCUT2D eigenvalue weighted by atomic mass is 9.76. The fraction of sp³-hybridized carbons (Fsp3) is 0.684. The van der Waals surface area contributed by atoms with Crippen molar-refractivity contribution in [1.82, 2.24) is 0 Å². The maximum atomic E-state index is 13.4. The molecule has 0 N–H and O–H groups in total. The molecular formula is C19H26ClF3Si. The Morgan fingerprint density at radius 2 is 1.33 bits per heavy atom. The number of hydrogen-bond acceptors (Lipinski definition) is 0. The summed E-state index contributed by atoms with van der Waals surface area (Å²) >= 11 is 6.30. The summed E-state index contributed by atoms with van der Waals surface area (Å²) in [6.45, 7) is 0. The van der Waals surface area contributed by atoms with Gasteiger partial charge in [0.2, 0.25) is 0 Å². The van der Waals surface area contributed by atoms with Crippen molar-refractivity contribution in [3.05, 3.63) is 35.1 Å². The first-order chi connectivity index (χ1) is 11.5. The minimum absolute atomic E-state index is 0.170. The minimum Gasteiger partial charge on any atom is -0.204 e. The van der Waals surface area contributed by atoms with Gasteiger partial charge in [0.05, 0.1) is 0 Å². The Kier molecular flexibility index (Phi) is 6.31. The van der Waals surface area contributed by atoms with Crippen molar-refractivity contribution in [2.24, 2.45) is 11.8 Å². The average molecular weight is 375 g/mol. The summed E-state index contributed by atoms with van der Waals surface area (Å²) in [5, 5.41) is 0. The van der Waals surface area contributed by atoms with Crippen LogP contribution in [0.3, 0.4) is 0 Å². The van der Waals surface area contributed by atoms with E-state index in [1.165, 1.54) is 49.9 Å². The van der Waals surface area contributed by atoms with Crippen LogP contribution < -0.4 is 0 Å². The van der Waals surface area contributed by atoms with Crippen LogP contribution in [-0.2, 0) is 0 Å². The van der Waals surface area contributed by atoms with E-state index < -0.39 is 25.6 Å². The van der Waals surface area contributed by atoms with Gasteiger partial charge in [-0.2, -0.15) is 11.1 Å². The topological polar surface area (TPSA) is 0 Å². The van der Waals surface area contributed by atoms with Crippen molar-refractivity contribution in [2.75, 3.05) is 0 Å². The molecule has 0 spiro atoms. The van der Waals surface area contributed by atoms with E-state index in [1.807, 2.05) is 0 Å². The highest BCUT2D eigenvalue weighted by molar-refractivity contribution is 7.07. The summed E-state index contributed by atoms with van der Waals surface area (Å²) in [4.78, 5) is 0. The molecule has 24 heavy (non-hydrogen) atoms. The molecule has 1 heterocycles. The van der Waals surface area contributed by atoms with Gasteiger partial charge in [0, 0.05) is 0 Å². The van der Waals surface area contributed by atoms with Crippen LogP contribution in [0.25, 0.3) is 0 Å². The van der Waals surface area contributed by atoms with Crippen molar-refractivity contribution in [3.63, 3.8) is 0 Å². The lowest BCUT2D eigenvalue weighted by Gasteiger charge is -2.31. The number of benzene rings is 1. The summed E-state index contributed by atoms with van der Waals surface area (Å²) in [6, 6.07) is 4.94. The summed E-state index contributed by atoms with van der Waals surface area (Å²) in [5.41, 5.74) is 0.621. The lowest BCUT2D eigenvalue weighted by molar-refractivity contribution is 0.279. The highest BCUT2D eigenvalue weighted by Crippen LogP contribution is 2.40. The zero-order valence-electron chi connectivity index (χ0n) is 14.0. The quantitative estimate of drug-likeness (QED) is 0.319. The molecule has 0 atom stereocenters. The Bertz CT molecular complexity index is 527. The number of rotatable bonds is 4. The second-order valence-corrected chi connectivity index (χ2v) is 11.9. The van der Waals surface area contributed by atoms with Crippen molar-refractivity contribution in [1.29, 1.82) is 0 Å². The van der Waals surface area contributed by atoms with Gasteiger partial charge in [-0.05, 0) is 73.2 Å². The standard InChI is InChI=1S/C19H26ClF3Si/c20-24-9-7-14(8-10-24)2-1-13-3-5-15(6-4-13)16-11-17(21)19(23)18(22)12-16/h11-15,24H,1-10H2. The molecule has 2 aliphatic rings. The molecule has 0 nitrogen and oxygen atoms in total. The minimum atomic E-state index is -1.36. The van der Waals surface area contributed by atoms with E-state index in [0.29, 0.717) is 5.56 Å². The molecule has 0 aromatic heterocycles. The van der Waals surface area contributed by atoms with Gasteiger partial charge in [-0.15, -0.1) is 0 Å². The number of hydrogen-bond donors (Lipinski definition) is 0. The fourth-order valence-corrected chi connectivity index (χ4v) is 7.19. The van der Waals surface area contributed by atoms with E-state index in [9.17, 15) is 13.2 Å². The fourth-order valence-electron chi connectivity index (χ4n) is 4.48. The lowest BCUT2D eigenvalue weighted by Crippen LogP contribution is -2.18. The van der Waals surface area contributed by atoms with E-state index in [-0.39, 0.29) is 5.92 Å². The van der Waals surface area contributed by atoms with Gasteiger partial charge in [0.1, 0.15) is 8.11 Å². The van der Waals surface area contributed by atoms with Gasteiger partial charge in [-0.25, -0.2) is 13.2 Å². The van der Waals surface area contributed by atoms with E-state index >= 15 is 0 Å². The molecule has 1 aliphatic carbocycles. The van der Waals surface area contributed by atoms with Crippen LogP contribution in [0, 0.1) is 29.3 Å². The molecule has 1 aromatic carbocycles. The Morgan fingerprint density at radius 1 is 0.833 bits per heavy atom. The molecule has 3 rings (SSSR count). The molecule has 0 bridgehead atoms. The second-order valence-electron chi connectivity index (χ2n) is 7.71. The highest BCUT2D eigenvalue weighted by atomic mass is 35.6. The van der Waals surface area contributed by atoms with Crippen LogP contribution in [0.4, 0.5) is 13.2 Å². The predicted octanol–water partition coefficient (Wildman–Crippen LogP) is 6.53. The summed E-state index contributed by atoms with van der Waals surface area (Å²) in [6.07, 6.45) is 9.38. The third-order valence-corrected chi connectivity index (χ3v) is 9.31. The van der Waals surface area contributed by atoms with Crippen LogP contribution >= 0.6 is 11.1 Å². The van der Waals surface area contributed by atoms with Gasteiger partial charge in [0.25, 0.3) is 0 Å². The zero-order valence-corrected chi connectivity index (χ0v) is 16.0. The Balaban J connectivity index is 1.46. The van der Waals surface area contributed by atoms with E-state index in [0.717, 1.165) is 37.5 Å². The maximum absolute atomic E-state index is 13.4. The highest BCUT2D eigenvalue weighted by Gasteiger charge is 2.26. The average Bonchev–Trinajstić information content (AvgIpc) is 2.59. The molecule has 2 fully saturated rings. The second kappa shape index (κ2) is 8.26. The predicted molar refractivity (Wildman–Crippen MR) is 95.6 cm³/mol. The first kappa shape index (κ1) is 18.3.